The molecule has 0 unspecified atom stereocenters. The largest absolute Gasteiger partial charge is 0.444 e. The summed E-state index contributed by atoms with van der Waals surface area (Å²) >= 11 is 0. The van der Waals surface area contributed by atoms with Gasteiger partial charge in [-0.1, -0.05) is 91.0 Å². The summed E-state index contributed by atoms with van der Waals surface area (Å²) in [5.74, 6) is -0.776. The van der Waals surface area contributed by atoms with E-state index in [1.807, 2.05) is 91.0 Å². The zero-order chi connectivity index (χ0) is 26.7. The summed E-state index contributed by atoms with van der Waals surface area (Å²) in [4.78, 5) is 39.2. The van der Waals surface area contributed by atoms with Crippen LogP contribution in [0.15, 0.2) is 91.0 Å². The molecule has 0 aromatic heterocycles. The van der Waals surface area contributed by atoms with E-state index in [-0.39, 0.29) is 12.3 Å². The fourth-order valence-corrected chi connectivity index (χ4v) is 3.75. The molecular formula is C30H35N3O4. The number of hydrogen-bond donors (Lipinski definition) is 3. The van der Waals surface area contributed by atoms with Crippen molar-refractivity contribution in [3.63, 3.8) is 0 Å². The summed E-state index contributed by atoms with van der Waals surface area (Å²) in [6.45, 7) is 5.61. The molecule has 0 aliphatic rings. The molecule has 7 nitrogen and oxygen atoms in total. The lowest BCUT2D eigenvalue weighted by Gasteiger charge is -2.25. The highest BCUT2D eigenvalue weighted by Crippen LogP contribution is 2.10. The Kier molecular flexibility index (Phi) is 9.84. The molecule has 0 saturated carbocycles. The van der Waals surface area contributed by atoms with Gasteiger partial charge in [0.15, 0.2) is 0 Å². The molecule has 0 fully saturated rings. The molecule has 37 heavy (non-hydrogen) atoms. The van der Waals surface area contributed by atoms with E-state index in [0.717, 1.165) is 16.7 Å². The summed E-state index contributed by atoms with van der Waals surface area (Å²) in [5, 5.41) is 8.47. The second-order valence-corrected chi connectivity index (χ2v) is 9.84. The Morgan fingerprint density at radius 2 is 1.08 bits per heavy atom. The van der Waals surface area contributed by atoms with Gasteiger partial charge in [0.1, 0.15) is 17.7 Å². The van der Waals surface area contributed by atoms with E-state index in [2.05, 4.69) is 16.0 Å². The van der Waals surface area contributed by atoms with Gasteiger partial charge in [0.05, 0.1) is 0 Å². The second-order valence-electron chi connectivity index (χ2n) is 9.84. The van der Waals surface area contributed by atoms with Crippen LogP contribution in [0.5, 0.6) is 0 Å². The highest BCUT2D eigenvalue weighted by atomic mass is 16.6. The van der Waals surface area contributed by atoms with Gasteiger partial charge in [0, 0.05) is 19.4 Å². The molecule has 0 aliphatic heterocycles. The highest BCUT2D eigenvalue weighted by Gasteiger charge is 2.29. The lowest BCUT2D eigenvalue weighted by Crippen LogP contribution is -2.55. The van der Waals surface area contributed by atoms with Gasteiger partial charge in [-0.25, -0.2) is 4.79 Å². The fraction of sp³-hybridized carbons (Fsp3) is 0.300. The minimum Gasteiger partial charge on any atom is -0.444 e. The van der Waals surface area contributed by atoms with Crippen molar-refractivity contribution >= 4 is 17.9 Å². The third-order valence-electron chi connectivity index (χ3n) is 5.52. The van der Waals surface area contributed by atoms with Gasteiger partial charge in [0.25, 0.3) is 0 Å². The number of benzene rings is 3. The van der Waals surface area contributed by atoms with Gasteiger partial charge in [-0.3, -0.25) is 9.59 Å². The van der Waals surface area contributed by atoms with Crippen LogP contribution in [0.25, 0.3) is 0 Å². The lowest BCUT2D eigenvalue weighted by molar-refractivity contribution is -0.130. The van der Waals surface area contributed by atoms with Crippen LogP contribution >= 0.6 is 0 Å². The van der Waals surface area contributed by atoms with E-state index in [1.54, 1.807) is 20.8 Å². The number of carbonyl (C=O) groups excluding carboxylic acids is 3. The number of ether oxygens (including phenoxy) is 1. The summed E-state index contributed by atoms with van der Waals surface area (Å²) in [7, 11) is 0. The van der Waals surface area contributed by atoms with Crippen LogP contribution in [0.1, 0.15) is 37.5 Å². The molecule has 2 atom stereocenters. The second kappa shape index (κ2) is 13.3. The Labute approximate surface area is 218 Å². The maximum absolute atomic E-state index is 13.5. The predicted octanol–water partition coefficient (Wildman–Crippen LogP) is 4.17. The molecule has 194 valence electrons. The first-order valence-corrected chi connectivity index (χ1v) is 12.4. The first-order valence-electron chi connectivity index (χ1n) is 12.4. The normalized spacial score (nSPS) is 12.6. The average Bonchev–Trinajstić information content (AvgIpc) is 2.87. The molecular weight excluding hydrogens is 466 g/mol. The summed E-state index contributed by atoms with van der Waals surface area (Å²) in [6.07, 6.45) is -0.149. The molecule has 0 aliphatic carbocycles. The van der Waals surface area contributed by atoms with Crippen LogP contribution < -0.4 is 16.0 Å². The third kappa shape index (κ3) is 9.80. The standard InChI is InChI=1S/C30H35N3O4/c1-30(2,3)37-29(36)33-26(20-23-15-9-5-10-16-23)28(35)32-25(19-22-13-7-4-8-14-22)27(34)31-21-24-17-11-6-12-18-24/h4-18,25-26H,19-21H2,1-3H3,(H,31,34)(H,32,35)(H,33,36)/t25-,26-/m0/s1. The zero-order valence-corrected chi connectivity index (χ0v) is 21.6. The van der Waals surface area contributed by atoms with E-state index in [9.17, 15) is 14.4 Å². The minimum atomic E-state index is -0.933. The van der Waals surface area contributed by atoms with Crippen LogP contribution in [0.4, 0.5) is 4.79 Å². The van der Waals surface area contributed by atoms with E-state index in [1.165, 1.54) is 0 Å². The van der Waals surface area contributed by atoms with Crippen molar-refractivity contribution in [2.75, 3.05) is 0 Å². The third-order valence-corrected chi connectivity index (χ3v) is 5.52. The van der Waals surface area contributed by atoms with Crippen LogP contribution in [-0.2, 0) is 33.7 Å². The molecule has 3 aromatic carbocycles. The Balaban J connectivity index is 1.77. The quantitative estimate of drug-likeness (QED) is 0.389. The van der Waals surface area contributed by atoms with Gasteiger partial charge in [0.2, 0.25) is 11.8 Å². The van der Waals surface area contributed by atoms with Crippen molar-refractivity contribution < 1.29 is 19.1 Å². The molecule has 3 N–H and O–H groups in total. The maximum Gasteiger partial charge on any atom is 0.408 e. The number of alkyl carbamates (subject to hydrolysis) is 1. The number of carbonyl (C=O) groups is 3. The average molecular weight is 502 g/mol. The SMILES string of the molecule is CC(C)(C)OC(=O)N[C@@H](Cc1ccccc1)C(=O)N[C@@H](Cc1ccccc1)C(=O)NCc1ccccc1. The molecule has 0 heterocycles. The molecule has 7 heteroatoms. The van der Waals surface area contributed by atoms with Crippen molar-refractivity contribution in [3.05, 3.63) is 108 Å². The van der Waals surface area contributed by atoms with E-state index in [4.69, 9.17) is 4.74 Å². The Bertz CT molecular complexity index is 1150. The Hall–Kier alpha value is -4.13. The Morgan fingerprint density at radius 3 is 1.54 bits per heavy atom. The van der Waals surface area contributed by atoms with Crippen LogP contribution in [0, 0.1) is 0 Å². The number of amides is 3. The zero-order valence-electron chi connectivity index (χ0n) is 21.6. The van der Waals surface area contributed by atoms with E-state index >= 15 is 0 Å². The summed E-state index contributed by atoms with van der Waals surface area (Å²) < 4.78 is 5.38. The number of nitrogens with one attached hydrogen (secondary N) is 3. The predicted molar refractivity (Wildman–Crippen MR) is 144 cm³/mol. The molecule has 0 saturated heterocycles. The summed E-state index contributed by atoms with van der Waals surface area (Å²) in [5.41, 5.74) is 2.01. The molecule has 0 radical (unpaired) electrons. The molecule has 0 bridgehead atoms. The monoisotopic (exact) mass is 501 g/mol. The van der Waals surface area contributed by atoms with Crippen molar-refractivity contribution in [2.24, 2.45) is 0 Å². The minimum absolute atomic E-state index is 0.246. The van der Waals surface area contributed by atoms with E-state index < -0.39 is 29.7 Å². The van der Waals surface area contributed by atoms with Crippen molar-refractivity contribution in [2.45, 2.75) is 57.8 Å². The molecule has 0 spiro atoms. The van der Waals surface area contributed by atoms with Crippen LogP contribution in [-0.4, -0.2) is 35.6 Å². The van der Waals surface area contributed by atoms with Gasteiger partial charge in [-0.05, 0) is 37.5 Å². The smallest absolute Gasteiger partial charge is 0.408 e. The van der Waals surface area contributed by atoms with Crippen molar-refractivity contribution in [1.82, 2.24) is 16.0 Å². The number of hydrogen-bond acceptors (Lipinski definition) is 4. The fourth-order valence-electron chi connectivity index (χ4n) is 3.75. The van der Waals surface area contributed by atoms with Gasteiger partial charge in [-0.15, -0.1) is 0 Å². The van der Waals surface area contributed by atoms with Gasteiger partial charge >= 0.3 is 6.09 Å². The van der Waals surface area contributed by atoms with E-state index in [0.29, 0.717) is 13.0 Å². The lowest BCUT2D eigenvalue weighted by atomic mass is 10.0. The highest BCUT2D eigenvalue weighted by molar-refractivity contribution is 5.91. The number of rotatable bonds is 10. The van der Waals surface area contributed by atoms with Crippen molar-refractivity contribution in [3.8, 4) is 0 Å². The molecule has 3 aromatic rings. The Morgan fingerprint density at radius 1 is 0.649 bits per heavy atom. The van der Waals surface area contributed by atoms with Crippen LogP contribution in [0.3, 0.4) is 0 Å². The summed E-state index contributed by atoms with van der Waals surface area (Å²) in [6, 6.07) is 26.7. The first kappa shape index (κ1) is 27.5. The molecule has 3 rings (SSSR count). The van der Waals surface area contributed by atoms with Crippen molar-refractivity contribution in [1.29, 1.82) is 0 Å². The van der Waals surface area contributed by atoms with Crippen LogP contribution in [0.2, 0.25) is 0 Å². The van der Waals surface area contributed by atoms with Gasteiger partial charge < -0.3 is 20.7 Å². The topological polar surface area (TPSA) is 96.5 Å². The first-order chi connectivity index (χ1) is 17.7. The maximum atomic E-state index is 13.5. The van der Waals surface area contributed by atoms with Gasteiger partial charge in [-0.2, -0.15) is 0 Å². The molecule has 3 amide bonds.